The number of carbonyl (C=O) groups excluding carboxylic acids is 1. The summed E-state index contributed by atoms with van der Waals surface area (Å²) in [6.07, 6.45) is 0.425. The molecule has 1 atom stereocenters. The lowest BCUT2D eigenvalue weighted by molar-refractivity contribution is 0.101. The number of nitrogens with two attached hydrogens (primary N) is 1. The molecule has 1 aliphatic rings. The Hall–Kier alpha value is -1.49. The molecule has 1 aromatic rings. The zero-order valence-corrected chi connectivity index (χ0v) is 8.36. The summed E-state index contributed by atoms with van der Waals surface area (Å²) in [6, 6.07) is 3.79. The Morgan fingerprint density at radius 2 is 2.27 bits per heavy atom. The second-order valence-corrected chi connectivity index (χ2v) is 3.62. The molecule has 0 radical (unpaired) electrons. The van der Waals surface area contributed by atoms with Crippen molar-refractivity contribution in [3.63, 3.8) is 0 Å². The van der Waals surface area contributed by atoms with Crippen LogP contribution >= 0.6 is 0 Å². The molecule has 1 aromatic heterocycles. The summed E-state index contributed by atoms with van der Waals surface area (Å²) < 4.78 is 10.3. The molecule has 0 spiro atoms. The van der Waals surface area contributed by atoms with Gasteiger partial charge in [0.05, 0.1) is 13.2 Å². The molecule has 0 bridgehead atoms. The third-order valence-electron chi connectivity index (χ3n) is 2.39. The molecular weight excluding hydrogens is 196 g/mol. The molecule has 1 amide bonds. The van der Waals surface area contributed by atoms with Crippen molar-refractivity contribution in [2.24, 2.45) is 11.7 Å². The van der Waals surface area contributed by atoms with Gasteiger partial charge in [0.15, 0.2) is 0 Å². The van der Waals surface area contributed by atoms with Crippen molar-refractivity contribution in [2.75, 3.05) is 13.2 Å². The SMILES string of the molecule is NCc1ccc(C[C@@H]2CNC(=O)OC2)o1. The van der Waals surface area contributed by atoms with Crippen LogP contribution in [0.2, 0.25) is 0 Å². The van der Waals surface area contributed by atoms with Crippen LogP contribution in [0.25, 0.3) is 0 Å². The van der Waals surface area contributed by atoms with Gasteiger partial charge >= 0.3 is 6.09 Å². The number of amides is 1. The van der Waals surface area contributed by atoms with Crippen molar-refractivity contribution in [1.82, 2.24) is 5.32 Å². The summed E-state index contributed by atoms with van der Waals surface area (Å²) in [5, 5.41) is 2.65. The predicted molar refractivity (Wildman–Crippen MR) is 53.1 cm³/mol. The Morgan fingerprint density at radius 1 is 1.47 bits per heavy atom. The number of furan rings is 1. The molecule has 15 heavy (non-hydrogen) atoms. The van der Waals surface area contributed by atoms with Gasteiger partial charge in [0.25, 0.3) is 0 Å². The topological polar surface area (TPSA) is 77.5 Å². The minimum absolute atomic E-state index is 0.277. The first-order valence-electron chi connectivity index (χ1n) is 4.96. The Bertz CT molecular complexity index is 338. The molecule has 0 aromatic carbocycles. The lowest BCUT2D eigenvalue weighted by Gasteiger charge is -2.21. The van der Waals surface area contributed by atoms with E-state index in [1.807, 2.05) is 12.1 Å². The standard InChI is InChI=1S/C10H14N2O3/c11-4-9-2-1-8(15-9)3-7-5-12-10(13)14-6-7/h1-2,7H,3-6,11H2,(H,12,13)/t7-/m1/s1. The first kappa shape index (κ1) is 10.0. The fourth-order valence-corrected chi connectivity index (χ4v) is 1.59. The van der Waals surface area contributed by atoms with E-state index in [-0.39, 0.29) is 12.0 Å². The summed E-state index contributed by atoms with van der Waals surface area (Å²) in [6.45, 7) is 1.50. The van der Waals surface area contributed by atoms with Crippen LogP contribution in [0, 0.1) is 5.92 Å². The Balaban J connectivity index is 1.88. The van der Waals surface area contributed by atoms with Crippen LogP contribution in [0.1, 0.15) is 11.5 Å². The zero-order valence-electron chi connectivity index (χ0n) is 8.36. The van der Waals surface area contributed by atoms with Gasteiger partial charge in [0, 0.05) is 18.9 Å². The van der Waals surface area contributed by atoms with Crippen molar-refractivity contribution in [1.29, 1.82) is 0 Å². The van der Waals surface area contributed by atoms with E-state index >= 15 is 0 Å². The van der Waals surface area contributed by atoms with Gasteiger partial charge in [-0.3, -0.25) is 0 Å². The molecule has 0 unspecified atom stereocenters. The highest BCUT2D eigenvalue weighted by Crippen LogP contribution is 2.14. The highest BCUT2D eigenvalue weighted by atomic mass is 16.6. The number of cyclic esters (lactones) is 1. The maximum absolute atomic E-state index is 10.7. The van der Waals surface area contributed by atoms with E-state index in [2.05, 4.69) is 5.32 Å². The van der Waals surface area contributed by atoms with Crippen LogP contribution in [-0.4, -0.2) is 19.2 Å². The van der Waals surface area contributed by atoms with E-state index < -0.39 is 0 Å². The van der Waals surface area contributed by atoms with Crippen LogP contribution in [0.4, 0.5) is 4.79 Å². The lowest BCUT2D eigenvalue weighted by atomic mass is 10.0. The van der Waals surface area contributed by atoms with E-state index in [1.54, 1.807) is 0 Å². The Morgan fingerprint density at radius 3 is 2.87 bits per heavy atom. The van der Waals surface area contributed by atoms with E-state index in [0.717, 1.165) is 17.9 Å². The maximum Gasteiger partial charge on any atom is 0.407 e. The van der Waals surface area contributed by atoms with Crippen LogP contribution in [0.15, 0.2) is 16.5 Å². The van der Waals surface area contributed by atoms with E-state index in [4.69, 9.17) is 14.9 Å². The van der Waals surface area contributed by atoms with E-state index in [9.17, 15) is 4.79 Å². The van der Waals surface area contributed by atoms with Crippen LogP contribution in [-0.2, 0) is 17.7 Å². The second-order valence-electron chi connectivity index (χ2n) is 3.62. The number of carbonyl (C=O) groups is 1. The van der Waals surface area contributed by atoms with Gasteiger partial charge in [-0.05, 0) is 12.1 Å². The average Bonchev–Trinajstić information content (AvgIpc) is 2.69. The lowest BCUT2D eigenvalue weighted by Crippen LogP contribution is -2.39. The first-order chi connectivity index (χ1) is 7.28. The van der Waals surface area contributed by atoms with Crippen LogP contribution in [0.5, 0.6) is 0 Å². The van der Waals surface area contributed by atoms with E-state index in [1.165, 1.54) is 0 Å². The van der Waals surface area contributed by atoms with Crippen molar-refractivity contribution in [3.05, 3.63) is 23.7 Å². The largest absolute Gasteiger partial charge is 0.465 e. The third kappa shape index (κ3) is 2.50. The van der Waals surface area contributed by atoms with Gasteiger partial charge in [0.2, 0.25) is 0 Å². The quantitative estimate of drug-likeness (QED) is 0.767. The minimum atomic E-state index is -0.339. The van der Waals surface area contributed by atoms with Crippen molar-refractivity contribution >= 4 is 6.09 Å². The number of hydrogen-bond acceptors (Lipinski definition) is 4. The summed E-state index contributed by atoms with van der Waals surface area (Å²) in [7, 11) is 0. The highest BCUT2D eigenvalue weighted by molar-refractivity contribution is 5.67. The molecule has 3 N–H and O–H groups in total. The smallest absolute Gasteiger partial charge is 0.407 e. The molecule has 1 saturated heterocycles. The molecule has 82 valence electrons. The minimum Gasteiger partial charge on any atom is -0.465 e. The first-order valence-corrected chi connectivity index (χ1v) is 4.96. The average molecular weight is 210 g/mol. The molecule has 1 fully saturated rings. The fourth-order valence-electron chi connectivity index (χ4n) is 1.59. The predicted octanol–water partition coefficient (Wildman–Crippen LogP) is 0.637. The zero-order chi connectivity index (χ0) is 10.7. The molecule has 2 heterocycles. The van der Waals surface area contributed by atoms with Crippen molar-refractivity contribution in [2.45, 2.75) is 13.0 Å². The molecule has 0 saturated carbocycles. The number of rotatable bonds is 3. The second kappa shape index (κ2) is 4.35. The summed E-state index contributed by atoms with van der Waals surface area (Å²) in [4.78, 5) is 10.7. The van der Waals surface area contributed by atoms with Gasteiger partial charge in [-0.1, -0.05) is 0 Å². The Labute approximate surface area is 87.6 Å². The number of hydrogen-bond donors (Lipinski definition) is 2. The van der Waals surface area contributed by atoms with Gasteiger partial charge in [-0.15, -0.1) is 0 Å². The third-order valence-corrected chi connectivity index (χ3v) is 2.39. The monoisotopic (exact) mass is 210 g/mol. The molecule has 1 aliphatic heterocycles. The molecule has 2 rings (SSSR count). The normalized spacial score (nSPS) is 20.9. The van der Waals surface area contributed by atoms with Crippen LogP contribution in [0.3, 0.4) is 0 Å². The van der Waals surface area contributed by atoms with Gasteiger partial charge in [0.1, 0.15) is 11.5 Å². The van der Waals surface area contributed by atoms with Gasteiger partial charge in [-0.25, -0.2) is 4.79 Å². The molecule has 5 heteroatoms. The number of nitrogens with one attached hydrogen (secondary N) is 1. The fraction of sp³-hybridized carbons (Fsp3) is 0.500. The highest BCUT2D eigenvalue weighted by Gasteiger charge is 2.20. The summed E-state index contributed by atoms with van der Waals surface area (Å²) in [5.74, 6) is 1.95. The molecular formula is C10H14N2O3. The maximum atomic E-state index is 10.7. The van der Waals surface area contributed by atoms with E-state index in [0.29, 0.717) is 19.7 Å². The Kier molecular flexibility index (Phi) is 2.91. The summed E-state index contributed by atoms with van der Waals surface area (Å²) >= 11 is 0. The molecule has 0 aliphatic carbocycles. The van der Waals surface area contributed by atoms with Crippen LogP contribution < -0.4 is 11.1 Å². The number of alkyl carbamates (subject to hydrolysis) is 1. The van der Waals surface area contributed by atoms with Crippen molar-refractivity contribution < 1.29 is 13.9 Å². The van der Waals surface area contributed by atoms with Gasteiger partial charge < -0.3 is 20.2 Å². The number of ether oxygens (including phenoxy) is 1. The van der Waals surface area contributed by atoms with Crippen molar-refractivity contribution in [3.8, 4) is 0 Å². The summed E-state index contributed by atoms with van der Waals surface area (Å²) in [5.41, 5.74) is 5.44. The molecule has 5 nitrogen and oxygen atoms in total. The van der Waals surface area contributed by atoms with Gasteiger partial charge in [-0.2, -0.15) is 0 Å².